The molecule has 0 heterocycles. The molecule has 0 aromatic carbocycles. The summed E-state index contributed by atoms with van der Waals surface area (Å²) in [5.41, 5.74) is 6.18. The maximum Gasteiger partial charge on any atom is 0.310 e. The second-order valence-electron chi connectivity index (χ2n) is 6.48. The van der Waals surface area contributed by atoms with Crippen molar-refractivity contribution in [2.75, 3.05) is 6.61 Å². The van der Waals surface area contributed by atoms with Crippen molar-refractivity contribution in [2.45, 2.75) is 64.8 Å². The van der Waals surface area contributed by atoms with Crippen LogP contribution in [0, 0.1) is 23.7 Å². The molecular weight excluding hydrogens is 238 g/mol. The highest BCUT2D eigenvalue weighted by Gasteiger charge is 2.49. The van der Waals surface area contributed by atoms with Gasteiger partial charge in [0, 0.05) is 6.04 Å². The molecule has 2 aliphatic carbocycles. The number of nitrogens with two attached hydrogens (primary N) is 1. The van der Waals surface area contributed by atoms with Crippen LogP contribution in [0.1, 0.15) is 58.8 Å². The van der Waals surface area contributed by atoms with Gasteiger partial charge < -0.3 is 10.5 Å². The third-order valence-electron chi connectivity index (χ3n) is 5.26. The largest absolute Gasteiger partial charge is 0.465 e. The minimum absolute atomic E-state index is 0.0116. The average Bonchev–Trinajstić information content (AvgIpc) is 2.99. The van der Waals surface area contributed by atoms with Crippen LogP contribution in [0.15, 0.2) is 0 Å². The van der Waals surface area contributed by atoms with Gasteiger partial charge >= 0.3 is 5.97 Å². The normalized spacial score (nSPS) is 34.5. The Morgan fingerprint density at radius 3 is 2.63 bits per heavy atom. The molecule has 2 bridgehead atoms. The summed E-state index contributed by atoms with van der Waals surface area (Å²) in [6, 6.07) is 0.0574. The highest BCUT2D eigenvalue weighted by molar-refractivity contribution is 5.74. The van der Waals surface area contributed by atoms with Gasteiger partial charge in [-0.3, -0.25) is 4.79 Å². The van der Waals surface area contributed by atoms with Gasteiger partial charge in [0.25, 0.3) is 0 Å². The third-order valence-corrected chi connectivity index (χ3v) is 5.26. The fraction of sp³-hybridized carbons (Fsp3) is 0.938. The Bertz CT molecular complexity index is 303. The molecule has 0 aromatic heterocycles. The van der Waals surface area contributed by atoms with Crippen molar-refractivity contribution in [2.24, 2.45) is 29.4 Å². The van der Waals surface area contributed by atoms with Crippen LogP contribution >= 0.6 is 0 Å². The van der Waals surface area contributed by atoms with E-state index in [9.17, 15) is 4.79 Å². The van der Waals surface area contributed by atoms with Crippen LogP contribution in [-0.4, -0.2) is 18.6 Å². The lowest BCUT2D eigenvalue weighted by atomic mass is 9.85. The van der Waals surface area contributed by atoms with Crippen molar-refractivity contribution in [3.05, 3.63) is 0 Å². The van der Waals surface area contributed by atoms with Gasteiger partial charge in [0.15, 0.2) is 0 Å². The second-order valence-corrected chi connectivity index (χ2v) is 6.48. The van der Waals surface area contributed by atoms with Crippen LogP contribution in [0.4, 0.5) is 0 Å². The molecule has 0 saturated heterocycles. The predicted molar refractivity (Wildman–Crippen MR) is 76.6 cm³/mol. The third kappa shape index (κ3) is 3.31. The second kappa shape index (κ2) is 6.74. The summed E-state index contributed by atoms with van der Waals surface area (Å²) in [5, 5.41) is 0. The van der Waals surface area contributed by atoms with Gasteiger partial charge in [-0.2, -0.15) is 0 Å². The number of carbonyl (C=O) groups excluding carboxylic acids is 1. The molecular formula is C16H29NO2. The predicted octanol–water partition coefficient (Wildman–Crippen LogP) is 3.12. The van der Waals surface area contributed by atoms with Crippen LogP contribution in [0.25, 0.3) is 0 Å². The van der Waals surface area contributed by atoms with E-state index in [1.807, 2.05) is 0 Å². The first-order valence-corrected chi connectivity index (χ1v) is 8.09. The Morgan fingerprint density at radius 1 is 1.32 bits per heavy atom. The first-order chi connectivity index (χ1) is 9.17. The molecule has 2 N–H and O–H groups in total. The zero-order chi connectivity index (χ0) is 13.8. The summed E-state index contributed by atoms with van der Waals surface area (Å²) >= 11 is 0. The molecule has 0 aromatic rings. The zero-order valence-electron chi connectivity index (χ0n) is 12.4. The van der Waals surface area contributed by atoms with E-state index in [-0.39, 0.29) is 17.9 Å². The number of hydrogen-bond donors (Lipinski definition) is 1. The van der Waals surface area contributed by atoms with Gasteiger partial charge in [0.05, 0.1) is 12.5 Å². The lowest BCUT2D eigenvalue weighted by molar-refractivity contribution is -0.152. The Kier molecular flexibility index (Phi) is 5.26. The van der Waals surface area contributed by atoms with E-state index in [4.69, 9.17) is 10.5 Å². The molecule has 2 rings (SSSR count). The minimum Gasteiger partial charge on any atom is -0.465 e. The Labute approximate surface area is 117 Å². The molecule has 5 atom stereocenters. The first-order valence-electron chi connectivity index (χ1n) is 8.09. The zero-order valence-corrected chi connectivity index (χ0v) is 12.4. The lowest BCUT2D eigenvalue weighted by Gasteiger charge is -2.27. The maximum atomic E-state index is 12.2. The van der Waals surface area contributed by atoms with Crippen LogP contribution in [0.5, 0.6) is 0 Å². The van der Waals surface area contributed by atoms with E-state index in [0.29, 0.717) is 24.4 Å². The number of esters is 1. The number of hydrogen-bond acceptors (Lipinski definition) is 3. The highest BCUT2D eigenvalue weighted by atomic mass is 16.5. The first kappa shape index (κ1) is 14.8. The number of rotatable bonds is 7. The van der Waals surface area contributed by atoms with Crippen molar-refractivity contribution in [3.63, 3.8) is 0 Å². The number of ether oxygens (including phenoxy) is 1. The van der Waals surface area contributed by atoms with Gasteiger partial charge in [-0.15, -0.1) is 0 Å². The Hall–Kier alpha value is -0.570. The fourth-order valence-corrected chi connectivity index (χ4v) is 3.88. The van der Waals surface area contributed by atoms with Gasteiger partial charge in [-0.05, 0) is 43.4 Å². The number of unbranched alkanes of at least 4 members (excludes halogenated alkanes) is 1. The van der Waals surface area contributed by atoms with Crippen molar-refractivity contribution < 1.29 is 9.53 Å². The summed E-state index contributed by atoms with van der Waals surface area (Å²) in [5.74, 6) is 1.57. The summed E-state index contributed by atoms with van der Waals surface area (Å²) in [4.78, 5) is 12.2. The van der Waals surface area contributed by atoms with E-state index in [1.54, 1.807) is 0 Å². The smallest absolute Gasteiger partial charge is 0.310 e. The van der Waals surface area contributed by atoms with Gasteiger partial charge in [-0.25, -0.2) is 0 Å². The summed E-state index contributed by atoms with van der Waals surface area (Å²) in [6.07, 6.45) is 8.23. The van der Waals surface area contributed by atoms with Crippen LogP contribution < -0.4 is 5.73 Å². The SMILES string of the molecule is CCCCC(CC)COC(=O)C1C2CCC(C2)C1N. The quantitative estimate of drug-likeness (QED) is 0.721. The molecule has 0 radical (unpaired) electrons. The Morgan fingerprint density at radius 2 is 2.05 bits per heavy atom. The molecule has 110 valence electrons. The lowest BCUT2D eigenvalue weighted by Crippen LogP contribution is -2.41. The van der Waals surface area contributed by atoms with Crippen molar-refractivity contribution in [1.82, 2.24) is 0 Å². The molecule has 0 spiro atoms. The van der Waals surface area contributed by atoms with E-state index < -0.39 is 0 Å². The molecule has 19 heavy (non-hydrogen) atoms. The van der Waals surface area contributed by atoms with E-state index in [1.165, 1.54) is 32.1 Å². The molecule has 2 saturated carbocycles. The van der Waals surface area contributed by atoms with E-state index in [2.05, 4.69) is 13.8 Å². The van der Waals surface area contributed by atoms with Crippen LogP contribution in [0.2, 0.25) is 0 Å². The summed E-state index contributed by atoms with van der Waals surface area (Å²) in [6.45, 7) is 4.97. The average molecular weight is 267 g/mol. The van der Waals surface area contributed by atoms with Crippen LogP contribution in [0.3, 0.4) is 0 Å². The molecule has 0 amide bonds. The number of carbonyl (C=O) groups is 1. The van der Waals surface area contributed by atoms with Gasteiger partial charge in [0.1, 0.15) is 0 Å². The standard InChI is InChI=1S/C16H29NO2/c1-3-5-6-11(4-2)10-19-16(18)14-12-7-8-13(9-12)15(14)17/h11-15H,3-10,17H2,1-2H3. The minimum atomic E-state index is -0.0188. The molecule has 2 fully saturated rings. The van der Waals surface area contributed by atoms with Crippen molar-refractivity contribution >= 4 is 5.97 Å². The molecule has 3 nitrogen and oxygen atoms in total. The topological polar surface area (TPSA) is 52.3 Å². The molecule has 0 aliphatic heterocycles. The highest BCUT2D eigenvalue weighted by Crippen LogP contribution is 2.48. The van der Waals surface area contributed by atoms with Crippen molar-refractivity contribution in [3.8, 4) is 0 Å². The van der Waals surface area contributed by atoms with E-state index >= 15 is 0 Å². The summed E-state index contributed by atoms with van der Waals surface area (Å²) in [7, 11) is 0. The molecule has 3 heteroatoms. The number of fused-ring (bicyclic) bond motifs is 2. The van der Waals surface area contributed by atoms with Crippen LogP contribution in [-0.2, 0) is 9.53 Å². The molecule has 2 aliphatic rings. The van der Waals surface area contributed by atoms with Gasteiger partial charge in [0.2, 0.25) is 0 Å². The van der Waals surface area contributed by atoms with E-state index in [0.717, 1.165) is 12.8 Å². The van der Waals surface area contributed by atoms with Gasteiger partial charge in [-0.1, -0.05) is 33.1 Å². The summed E-state index contributed by atoms with van der Waals surface area (Å²) < 4.78 is 5.58. The monoisotopic (exact) mass is 267 g/mol. The Balaban J connectivity index is 1.78. The maximum absolute atomic E-state index is 12.2. The molecule has 5 unspecified atom stereocenters. The van der Waals surface area contributed by atoms with Crippen molar-refractivity contribution in [1.29, 1.82) is 0 Å². The fourth-order valence-electron chi connectivity index (χ4n) is 3.88.